The minimum absolute atomic E-state index is 0.284. The number of hydrogen-bond acceptors (Lipinski definition) is 3. The lowest BCUT2D eigenvalue weighted by Crippen LogP contribution is -2.31. The van der Waals surface area contributed by atoms with Crippen molar-refractivity contribution in [2.75, 3.05) is 11.5 Å². The van der Waals surface area contributed by atoms with Crippen molar-refractivity contribution in [3.05, 3.63) is 29.3 Å². The fourth-order valence-corrected chi connectivity index (χ4v) is 2.74. The molecular weight excluding hydrogens is 220 g/mol. The second-order valence-corrected chi connectivity index (χ2v) is 5.45. The van der Waals surface area contributed by atoms with E-state index in [0.29, 0.717) is 12.5 Å². The van der Waals surface area contributed by atoms with E-state index in [-0.39, 0.29) is 5.78 Å². The molecule has 84 valence electrons. The van der Waals surface area contributed by atoms with E-state index < -0.39 is 0 Å². The number of benzene rings is 1. The highest BCUT2D eigenvalue weighted by Crippen LogP contribution is 2.28. The Morgan fingerprint density at radius 3 is 2.88 bits per heavy atom. The number of aryl methyl sites for hydroxylation is 1. The summed E-state index contributed by atoms with van der Waals surface area (Å²) >= 11 is 1.91. The summed E-state index contributed by atoms with van der Waals surface area (Å²) in [5, 5.41) is 0. The van der Waals surface area contributed by atoms with Crippen molar-refractivity contribution in [2.45, 2.75) is 25.4 Å². The number of fused-ring (bicyclic) bond motifs is 1. The van der Waals surface area contributed by atoms with Gasteiger partial charge in [0.05, 0.1) is 0 Å². The number of rotatable bonds is 2. The molecule has 0 saturated carbocycles. The first-order valence-corrected chi connectivity index (χ1v) is 6.89. The van der Waals surface area contributed by atoms with Crippen molar-refractivity contribution < 1.29 is 9.53 Å². The first kappa shape index (κ1) is 10.2. The zero-order valence-corrected chi connectivity index (χ0v) is 9.89. The molecule has 3 rings (SSSR count). The highest BCUT2D eigenvalue weighted by Gasteiger charge is 2.21. The lowest BCUT2D eigenvalue weighted by Gasteiger charge is -2.26. The third-order valence-electron chi connectivity index (χ3n) is 3.14. The molecule has 0 atom stereocenters. The minimum Gasteiger partial charge on any atom is -0.489 e. The van der Waals surface area contributed by atoms with Gasteiger partial charge in [-0.2, -0.15) is 11.8 Å². The van der Waals surface area contributed by atoms with E-state index in [1.54, 1.807) is 0 Å². The van der Waals surface area contributed by atoms with Crippen LogP contribution < -0.4 is 4.74 Å². The van der Waals surface area contributed by atoms with Crippen LogP contribution in [0.25, 0.3) is 0 Å². The highest BCUT2D eigenvalue weighted by atomic mass is 32.2. The third kappa shape index (κ3) is 1.84. The van der Waals surface area contributed by atoms with Crippen LogP contribution >= 0.6 is 11.8 Å². The topological polar surface area (TPSA) is 26.3 Å². The van der Waals surface area contributed by atoms with Crippen LogP contribution in [0.5, 0.6) is 5.75 Å². The molecule has 0 aromatic heterocycles. The number of ether oxygens (including phenoxy) is 1. The molecule has 1 aliphatic heterocycles. The zero-order chi connectivity index (χ0) is 11.0. The monoisotopic (exact) mass is 234 g/mol. The van der Waals surface area contributed by atoms with Crippen molar-refractivity contribution >= 4 is 17.5 Å². The molecule has 1 aromatic rings. The Hall–Kier alpha value is -0.960. The quantitative estimate of drug-likeness (QED) is 0.787. The van der Waals surface area contributed by atoms with Crippen molar-refractivity contribution in [1.29, 1.82) is 0 Å². The van der Waals surface area contributed by atoms with Gasteiger partial charge in [0.25, 0.3) is 0 Å². The number of hydrogen-bond donors (Lipinski definition) is 0. The predicted octanol–water partition coefficient (Wildman–Crippen LogP) is 2.70. The molecule has 0 amide bonds. The van der Waals surface area contributed by atoms with Gasteiger partial charge in [0, 0.05) is 23.5 Å². The molecule has 16 heavy (non-hydrogen) atoms. The van der Waals surface area contributed by atoms with E-state index >= 15 is 0 Å². The summed E-state index contributed by atoms with van der Waals surface area (Å²) in [6.45, 7) is 0. The largest absolute Gasteiger partial charge is 0.489 e. The number of carbonyl (C=O) groups excluding carboxylic acids is 1. The maximum absolute atomic E-state index is 11.6. The summed E-state index contributed by atoms with van der Waals surface area (Å²) in [5.74, 6) is 3.40. The van der Waals surface area contributed by atoms with Gasteiger partial charge in [-0.3, -0.25) is 4.79 Å². The first-order valence-electron chi connectivity index (χ1n) is 5.73. The van der Waals surface area contributed by atoms with Gasteiger partial charge in [-0.1, -0.05) is 0 Å². The number of Topliss-reactive ketones (excluding diaryl/α,β-unsaturated/α-hetero) is 1. The van der Waals surface area contributed by atoms with E-state index in [1.165, 1.54) is 5.56 Å². The van der Waals surface area contributed by atoms with Crippen LogP contribution in [0.1, 0.15) is 28.8 Å². The van der Waals surface area contributed by atoms with E-state index in [4.69, 9.17) is 4.74 Å². The van der Waals surface area contributed by atoms with Gasteiger partial charge in [-0.05, 0) is 36.6 Å². The van der Waals surface area contributed by atoms with E-state index in [0.717, 1.165) is 35.7 Å². The van der Waals surface area contributed by atoms with Gasteiger partial charge < -0.3 is 4.74 Å². The maximum Gasteiger partial charge on any atom is 0.163 e. The minimum atomic E-state index is 0.284. The molecule has 0 N–H and O–H groups in total. The van der Waals surface area contributed by atoms with Crippen LogP contribution in [0, 0.1) is 0 Å². The van der Waals surface area contributed by atoms with Gasteiger partial charge >= 0.3 is 0 Å². The summed E-state index contributed by atoms with van der Waals surface area (Å²) in [7, 11) is 0. The summed E-state index contributed by atoms with van der Waals surface area (Å²) in [5.41, 5.74) is 2.07. The van der Waals surface area contributed by atoms with Crippen molar-refractivity contribution in [2.24, 2.45) is 0 Å². The molecule has 1 aromatic carbocycles. The van der Waals surface area contributed by atoms with Crippen LogP contribution in [0.2, 0.25) is 0 Å². The van der Waals surface area contributed by atoms with E-state index in [1.807, 2.05) is 23.9 Å². The zero-order valence-electron chi connectivity index (χ0n) is 9.07. The standard InChI is InChI=1S/C13H14O2S/c14-13-3-1-2-9-6-10(4-5-12(9)13)15-11-7-16-8-11/h4-6,11H,1-3,7-8H2. The van der Waals surface area contributed by atoms with Crippen LogP contribution in [0.4, 0.5) is 0 Å². The Morgan fingerprint density at radius 2 is 2.12 bits per heavy atom. The summed E-state index contributed by atoms with van der Waals surface area (Å²) in [6, 6.07) is 5.92. The van der Waals surface area contributed by atoms with Gasteiger partial charge in [-0.15, -0.1) is 0 Å². The smallest absolute Gasteiger partial charge is 0.163 e. The van der Waals surface area contributed by atoms with E-state index in [9.17, 15) is 4.79 Å². The molecule has 1 fully saturated rings. The fraction of sp³-hybridized carbons (Fsp3) is 0.462. The van der Waals surface area contributed by atoms with Crippen molar-refractivity contribution in [3.8, 4) is 5.75 Å². The summed E-state index contributed by atoms with van der Waals surface area (Å²) < 4.78 is 5.82. The molecule has 0 spiro atoms. The maximum atomic E-state index is 11.6. The predicted molar refractivity (Wildman–Crippen MR) is 65.5 cm³/mol. The number of ketones is 1. The molecule has 1 saturated heterocycles. The van der Waals surface area contributed by atoms with Crippen LogP contribution in [0.3, 0.4) is 0 Å². The number of carbonyl (C=O) groups is 1. The SMILES string of the molecule is O=C1CCCc2cc(OC3CSC3)ccc21. The second kappa shape index (κ2) is 4.13. The molecule has 3 heteroatoms. The van der Waals surface area contributed by atoms with Crippen molar-refractivity contribution in [3.63, 3.8) is 0 Å². The average molecular weight is 234 g/mol. The van der Waals surface area contributed by atoms with Crippen molar-refractivity contribution in [1.82, 2.24) is 0 Å². The Morgan fingerprint density at radius 1 is 1.25 bits per heavy atom. The van der Waals surface area contributed by atoms with Crippen LogP contribution in [0.15, 0.2) is 18.2 Å². The molecule has 2 aliphatic rings. The molecule has 1 aliphatic carbocycles. The van der Waals surface area contributed by atoms with Gasteiger partial charge in [-0.25, -0.2) is 0 Å². The Kier molecular flexibility index (Phi) is 2.64. The Labute approximate surface area is 99.4 Å². The normalized spacial score (nSPS) is 20.1. The molecule has 1 heterocycles. The fourth-order valence-electron chi connectivity index (χ4n) is 2.17. The lowest BCUT2D eigenvalue weighted by molar-refractivity contribution is 0.0972. The second-order valence-electron chi connectivity index (χ2n) is 4.37. The summed E-state index contributed by atoms with van der Waals surface area (Å²) in [6.07, 6.45) is 3.07. The molecule has 0 bridgehead atoms. The molecule has 0 unspecified atom stereocenters. The molecule has 0 radical (unpaired) electrons. The van der Waals surface area contributed by atoms with Gasteiger partial charge in [0.2, 0.25) is 0 Å². The average Bonchev–Trinajstić information content (AvgIpc) is 2.24. The molecule has 2 nitrogen and oxygen atoms in total. The third-order valence-corrected chi connectivity index (χ3v) is 4.35. The Balaban J connectivity index is 1.83. The molecular formula is C13H14O2S. The van der Waals surface area contributed by atoms with E-state index in [2.05, 4.69) is 6.07 Å². The highest BCUT2D eigenvalue weighted by molar-refractivity contribution is 8.00. The Bertz CT molecular complexity index is 424. The van der Waals surface area contributed by atoms with Crippen LogP contribution in [-0.2, 0) is 6.42 Å². The van der Waals surface area contributed by atoms with Gasteiger partial charge in [0.1, 0.15) is 11.9 Å². The summed E-state index contributed by atoms with van der Waals surface area (Å²) in [4.78, 5) is 11.6. The van der Waals surface area contributed by atoms with Crippen LogP contribution in [-0.4, -0.2) is 23.4 Å². The number of thioether (sulfide) groups is 1. The lowest BCUT2D eigenvalue weighted by atomic mass is 9.90. The van der Waals surface area contributed by atoms with Gasteiger partial charge in [0.15, 0.2) is 5.78 Å². The first-order chi connectivity index (χ1) is 7.83.